The number of carbonyl (C=O) groups is 1. The van der Waals surface area contributed by atoms with E-state index in [-0.39, 0.29) is 17.9 Å². The van der Waals surface area contributed by atoms with Gasteiger partial charge in [-0.2, -0.15) is 0 Å². The molecule has 1 atom stereocenters. The van der Waals surface area contributed by atoms with Gasteiger partial charge in [-0.1, -0.05) is 42.6 Å². The molecule has 3 heterocycles. The van der Waals surface area contributed by atoms with E-state index in [1.165, 1.54) is 4.63 Å². The lowest BCUT2D eigenvalue weighted by atomic mass is 9.94. The molecule has 0 spiro atoms. The average Bonchev–Trinajstić information content (AvgIpc) is 3.23. The van der Waals surface area contributed by atoms with Crippen molar-refractivity contribution in [3.8, 4) is 0 Å². The molecular formula is C20H23Cl2N7O. The predicted octanol–water partition coefficient (Wildman–Crippen LogP) is 3.70. The summed E-state index contributed by atoms with van der Waals surface area (Å²) in [5.74, 6) is 0.872. The number of benzene rings is 1. The number of piperidine rings is 1. The summed E-state index contributed by atoms with van der Waals surface area (Å²) in [4.78, 5) is 15.1. The number of aromatic nitrogens is 5. The fourth-order valence-electron chi connectivity index (χ4n) is 3.81. The Morgan fingerprint density at radius 3 is 2.73 bits per heavy atom. The van der Waals surface area contributed by atoms with Crippen LogP contribution in [0.15, 0.2) is 30.3 Å². The average molecular weight is 448 g/mol. The number of hydrogen-bond donors (Lipinski definition) is 1. The zero-order valence-corrected chi connectivity index (χ0v) is 18.1. The van der Waals surface area contributed by atoms with Crippen LogP contribution >= 0.6 is 23.2 Å². The molecule has 10 heteroatoms. The summed E-state index contributed by atoms with van der Waals surface area (Å²) in [6.07, 6.45) is 3.33. The zero-order chi connectivity index (χ0) is 21.1. The fraction of sp³-hybridized carbons (Fsp3) is 0.450. The Kier molecular flexibility index (Phi) is 6.34. The summed E-state index contributed by atoms with van der Waals surface area (Å²) < 4.78 is 1.42. The molecule has 0 bridgehead atoms. The maximum absolute atomic E-state index is 13.0. The smallest absolute Gasteiger partial charge is 0.223 e. The van der Waals surface area contributed by atoms with Crippen LogP contribution < -0.4 is 10.2 Å². The second-order valence-corrected chi connectivity index (χ2v) is 8.32. The van der Waals surface area contributed by atoms with Crippen LogP contribution in [0.5, 0.6) is 0 Å². The van der Waals surface area contributed by atoms with Crippen molar-refractivity contribution in [3.63, 3.8) is 0 Å². The highest BCUT2D eigenvalue weighted by atomic mass is 35.5. The second-order valence-electron chi connectivity index (χ2n) is 7.50. The SMILES string of the molecule is CCCC(NC(=O)C1CCN(c2ccc3nnnn3n2)CC1)c1ccc(Cl)c(Cl)c1. The topological polar surface area (TPSA) is 88.3 Å². The van der Waals surface area contributed by atoms with Gasteiger partial charge in [-0.15, -0.1) is 14.8 Å². The van der Waals surface area contributed by atoms with E-state index in [2.05, 4.69) is 37.8 Å². The fourth-order valence-corrected chi connectivity index (χ4v) is 4.12. The summed E-state index contributed by atoms with van der Waals surface area (Å²) in [6, 6.07) is 9.23. The number of hydrogen-bond acceptors (Lipinski definition) is 6. The van der Waals surface area contributed by atoms with E-state index in [0.717, 1.165) is 50.2 Å². The first-order valence-corrected chi connectivity index (χ1v) is 10.9. The molecular weight excluding hydrogens is 425 g/mol. The molecule has 30 heavy (non-hydrogen) atoms. The third-order valence-corrected chi connectivity index (χ3v) is 6.22. The van der Waals surface area contributed by atoms with Gasteiger partial charge < -0.3 is 10.2 Å². The third kappa shape index (κ3) is 4.49. The number of rotatable bonds is 6. The molecule has 1 aliphatic rings. The van der Waals surface area contributed by atoms with Gasteiger partial charge in [-0.3, -0.25) is 4.79 Å². The van der Waals surface area contributed by atoms with Gasteiger partial charge in [-0.25, -0.2) is 0 Å². The Balaban J connectivity index is 1.38. The summed E-state index contributed by atoms with van der Waals surface area (Å²) in [7, 11) is 0. The molecule has 0 aliphatic carbocycles. The third-order valence-electron chi connectivity index (χ3n) is 5.49. The molecule has 8 nitrogen and oxygen atoms in total. The highest BCUT2D eigenvalue weighted by molar-refractivity contribution is 6.42. The number of halogens is 2. The normalized spacial score (nSPS) is 16.0. The van der Waals surface area contributed by atoms with Crippen LogP contribution in [0.25, 0.3) is 5.65 Å². The Morgan fingerprint density at radius 2 is 2.00 bits per heavy atom. The zero-order valence-electron chi connectivity index (χ0n) is 16.6. The highest BCUT2D eigenvalue weighted by Crippen LogP contribution is 2.29. The first kappa shape index (κ1) is 20.8. The minimum atomic E-state index is -0.0702. The molecule has 1 aromatic carbocycles. The van der Waals surface area contributed by atoms with Crippen molar-refractivity contribution < 1.29 is 4.79 Å². The summed E-state index contributed by atoms with van der Waals surface area (Å²) in [5.41, 5.74) is 1.59. The molecule has 3 aromatic rings. The van der Waals surface area contributed by atoms with Crippen LogP contribution in [0.3, 0.4) is 0 Å². The van der Waals surface area contributed by atoms with Crippen molar-refractivity contribution in [3.05, 3.63) is 45.9 Å². The van der Waals surface area contributed by atoms with E-state index in [1.54, 1.807) is 6.07 Å². The first-order chi connectivity index (χ1) is 14.5. The standard InChI is InChI=1S/C20H23Cl2N7O/c1-2-3-17(14-4-5-15(21)16(22)12-14)23-20(30)13-8-10-28(11-9-13)19-7-6-18-24-26-27-29(18)25-19/h4-7,12-13,17H,2-3,8-11H2,1H3,(H,23,30). The Hall–Kier alpha value is -2.45. The monoisotopic (exact) mass is 447 g/mol. The van der Waals surface area contributed by atoms with Crippen molar-refractivity contribution in [2.24, 2.45) is 5.92 Å². The summed E-state index contributed by atoms with van der Waals surface area (Å²) in [6.45, 7) is 3.61. The number of amides is 1. The van der Waals surface area contributed by atoms with Crippen molar-refractivity contribution in [2.45, 2.75) is 38.6 Å². The van der Waals surface area contributed by atoms with Crippen LogP contribution in [-0.2, 0) is 4.79 Å². The lowest BCUT2D eigenvalue weighted by Gasteiger charge is -2.32. The van der Waals surface area contributed by atoms with Crippen LogP contribution in [-0.4, -0.2) is 44.3 Å². The van der Waals surface area contributed by atoms with Crippen LogP contribution in [0.4, 0.5) is 5.82 Å². The van der Waals surface area contributed by atoms with E-state index in [9.17, 15) is 4.79 Å². The van der Waals surface area contributed by atoms with Crippen molar-refractivity contribution in [1.82, 2.24) is 30.6 Å². The van der Waals surface area contributed by atoms with Crippen molar-refractivity contribution in [1.29, 1.82) is 0 Å². The van der Waals surface area contributed by atoms with E-state index >= 15 is 0 Å². The molecule has 1 unspecified atom stereocenters. The summed E-state index contributed by atoms with van der Waals surface area (Å²) in [5, 5.41) is 20.0. The van der Waals surface area contributed by atoms with Crippen LogP contribution in [0.2, 0.25) is 10.0 Å². The second kappa shape index (κ2) is 9.14. The predicted molar refractivity (Wildman–Crippen MR) is 116 cm³/mol. The van der Waals surface area contributed by atoms with E-state index in [1.807, 2.05) is 24.3 Å². The molecule has 1 N–H and O–H groups in total. The Bertz CT molecular complexity index is 1030. The lowest BCUT2D eigenvalue weighted by Crippen LogP contribution is -2.42. The van der Waals surface area contributed by atoms with E-state index in [0.29, 0.717) is 15.7 Å². The van der Waals surface area contributed by atoms with Crippen molar-refractivity contribution >= 4 is 40.6 Å². The molecule has 1 aliphatic heterocycles. The molecule has 4 rings (SSSR count). The van der Waals surface area contributed by atoms with Crippen LogP contribution in [0.1, 0.15) is 44.2 Å². The van der Waals surface area contributed by atoms with E-state index < -0.39 is 0 Å². The van der Waals surface area contributed by atoms with Gasteiger partial charge in [0.15, 0.2) is 11.5 Å². The number of tetrazole rings is 1. The molecule has 1 fully saturated rings. The van der Waals surface area contributed by atoms with Gasteiger partial charge in [-0.05, 0) is 59.5 Å². The number of nitrogens with zero attached hydrogens (tertiary/aromatic N) is 6. The molecule has 0 radical (unpaired) electrons. The minimum absolute atomic E-state index is 0.0276. The molecule has 158 valence electrons. The number of fused-ring (bicyclic) bond motifs is 1. The quantitative estimate of drug-likeness (QED) is 0.619. The van der Waals surface area contributed by atoms with Gasteiger partial charge in [0, 0.05) is 19.0 Å². The Morgan fingerprint density at radius 1 is 1.20 bits per heavy atom. The minimum Gasteiger partial charge on any atom is -0.355 e. The lowest BCUT2D eigenvalue weighted by molar-refractivity contribution is -0.126. The molecule has 1 saturated heterocycles. The van der Waals surface area contributed by atoms with E-state index in [4.69, 9.17) is 23.2 Å². The molecule has 2 aromatic heterocycles. The van der Waals surface area contributed by atoms with Gasteiger partial charge in [0.2, 0.25) is 5.91 Å². The van der Waals surface area contributed by atoms with Crippen LogP contribution in [0, 0.1) is 5.92 Å². The highest BCUT2D eigenvalue weighted by Gasteiger charge is 2.27. The first-order valence-electron chi connectivity index (χ1n) is 10.1. The Labute approximate surface area is 184 Å². The maximum atomic E-state index is 13.0. The van der Waals surface area contributed by atoms with Gasteiger partial charge in [0.05, 0.1) is 16.1 Å². The largest absolute Gasteiger partial charge is 0.355 e. The number of nitrogens with one attached hydrogen (secondary N) is 1. The molecule has 1 amide bonds. The summed E-state index contributed by atoms with van der Waals surface area (Å²) >= 11 is 12.2. The molecule has 0 saturated carbocycles. The van der Waals surface area contributed by atoms with Gasteiger partial charge in [0.25, 0.3) is 0 Å². The van der Waals surface area contributed by atoms with Crippen molar-refractivity contribution in [2.75, 3.05) is 18.0 Å². The number of anilines is 1. The van der Waals surface area contributed by atoms with Gasteiger partial charge in [0.1, 0.15) is 0 Å². The number of carbonyl (C=O) groups excluding carboxylic acids is 1. The van der Waals surface area contributed by atoms with Gasteiger partial charge >= 0.3 is 0 Å². The maximum Gasteiger partial charge on any atom is 0.223 e.